The Bertz CT molecular complexity index is 779. The molecule has 0 atom stereocenters. The second-order valence-electron chi connectivity index (χ2n) is 8.71. The number of carbonyl (C=O) groups excluding carboxylic acids is 1. The van der Waals surface area contributed by atoms with Crippen molar-refractivity contribution >= 4 is 21.6 Å². The molecular weight excluding hydrogens is 352 g/mol. The average Bonchev–Trinajstić information content (AvgIpc) is 2.88. The number of nitrogens with zero attached hydrogens (tertiary/aromatic N) is 1. The van der Waals surface area contributed by atoms with Crippen LogP contribution in [-0.4, -0.2) is 33.5 Å². The van der Waals surface area contributed by atoms with Crippen LogP contribution in [0.15, 0.2) is 23.1 Å². The molecule has 1 N–H and O–H groups in total. The molecule has 0 spiro atoms. The fourth-order valence-corrected chi connectivity index (χ4v) is 5.17. The van der Waals surface area contributed by atoms with E-state index in [1.165, 1.54) is 19.2 Å². The number of carbonyl (C=O) groups is 1. The summed E-state index contributed by atoms with van der Waals surface area (Å²) in [6.45, 7) is 10.6. The predicted molar refractivity (Wildman–Crippen MR) is 103 cm³/mol. The predicted octanol–water partition coefficient (Wildman–Crippen LogP) is 3.32. The second kappa shape index (κ2) is 7.19. The third-order valence-electron chi connectivity index (χ3n) is 4.21. The minimum Gasteiger partial charge on any atom is -0.495 e. The lowest BCUT2D eigenvalue weighted by Crippen LogP contribution is -2.45. The maximum atomic E-state index is 12.9. The summed E-state index contributed by atoms with van der Waals surface area (Å²) in [6.07, 6.45) is 1.92. The van der Waals surface area contributed by atoms with Gasteiger partial charge in [-0.15, -0.1) is 0 Å². The van der Waals surface area contributed by atoms with Crippen molar-refractivity contribution in [3.63, 3.8) is 0 Å². The van der Waals surface area contributed by atoms with Crippen molar-refractivity contribution in [2.75, 3.05) is 18.6 Å². The number of ether oxygens (including phenoxy) is 1. The molecule has 1 amide bonds. The normalized spacial score (nSPS) is 16.2. The lowest BCUT2D eigenvalue weighted by molar-refractivity contribution is -0.117. The van der Waals surface area contributed by atoms with Crippen molar-refractivity contribution in [1.29, 1.82) is 0 Å². The van der Waals surface area contributed by atoms with Crippen LogP contribution in [0.5, 0.6) is 5.75 Å². The first kappa shape index (κ1) is 20.7. The highest BCUT2D eigenvalue weighted by atomic mass is 32.2. The molecule has 1 heterocycles. The third kappa shape index (κ3) is 4.98. The number of methoxy groups -OCH3 is 1. The molecule has 1 fully saturated rings. The molecule has 0 saturated carbocycles. The van der Waals surface area contributed by atoms with Crippen molar-refractivity contribution in [2.24, 2.45) is 5.41 Å². The van der Waals surface area contributed by atoms with E-state index in [1.54, 1.807) is 11.0 Å². The van der Waals surface area contributed by atoms with E-state index in [9.17, 15) is 13.2 Å². The summed E-state index contributed by atoms with van der Waals surface area (Å²) in [5.74, 6) is 0.479. The molecule has 0 radical (unpaired) electrons. The van der Waals surface area contributed by atoms with Crippen molar-refractivity contribution in [3.8, 4) is 5.75 Å². The number of rotatable bonds is 6. The maximum Gasteiger partial charge on any atom is 0.241 e. The summed E-state index contributed by atoms with van der Waals surface area (Å²) in [5, 5.41) is 0. The van der Waals surface area contributed by atoms with Gasteiger partial charge in [-0.1, -0.05) is 20.8 Å². The standard InChI is InChI=1S/C19H30N2O4S/c1-18(2,3)13-19(4,5)20-26(23,24)14-9-10-16(25-6)15(12-14)21-11-7-8-17(21)22/h9-10,12,20H,7-8,11,13H2,1-6H3. The van der Waals surface area contributed by atoms with E-state index in [1.807, 2.05) is 13.8 Å². The number of nitrogens with one attached hydrogen (secondary N) is 1. The largest absolute Gasteiger partial charge is 0.495 e. The van der Waals surface area contributed by atoms with Crippen LogP contribution in [0.1, 0.15) is 53.9 Å². The first-order valence-corrected chi connectivity index (χ1v) is 10.4. The fourth-order valence-electron chi connectivity index (χ4n) is 3.74. The van der Waals surface area contributed by atoms with E-state index in [4.69, 9.17) is 4.74 Å². The van der Waals surface area contributed by atoms with Gasteiger partial charge in [0.05, 0.1) is 17.7 Å². The van der Waals surface area contributed by atoms with Gasteiger partial charge in [-0.2, -0.15) is 0 Å². The monoisotopic (exact) mass is 382 g/mol. The van der Waals surface area contributed by atoms with Gasteiger partial charge >= 0.3 is 0 Å². The van der Waals surface area contributed by atoms with Gasteiger partial charge in [0.1, 0.15) is 5.75 Å². The van der Waals surface area contributed by atoms with Crippen LogP contribution in [0, 0.1) is 5.41 Å². The smallest absolute Gasteiger partial charge is 0.241 e. The highest BCUT2D eigenvalue weighted by Gasteiger charge is 2.32. The lowest BCUT2D eigenvalue weighted by Gasteiger charge is -2.33. The molecule has 2 rings (SSSR count). The molecule has 7 heteroatoms. The molecule has 0 aromatic heterocycles. The minimum absolute atomic E-state index is 0.0148. The van der Waals surface area contributed by atoms with Crippen molar-refractivity contribution in [2.45, 2.75) is 64.3 Å². The maximum absolute atomic E-state index is 12.9. The Balaban J connectivity index is 2.36. The minimum atomic E-state index is -3.73. The molecule has 6 nitrogen and oxygen atoms in total. The van der Waals surface area contributed by atoms with E-state index in [0.717, 1.165) is 6.42 Å². The third-order valence-corrected chi connectivity index (χ3v) is 5.90. The summed E-state index contributed by atoms with van der Waals surface area (Å²) in [6, 6.07) is 4.64. The molecule has 1 aliphatic rings. The van der Waals surface area contributed by atoms with Crippen molar-refractivity contribution < 1.29 is 17.9 Å². The van der Waals surface area contributed by atoms with E-state index >= 15 is 0 Å². The zero-order chi connectivity index (χ0) is 19.8. The van der Waals surface area contributed by atoms with Crippen molar-refractivity contribution in [1.82, 2.24) is 4.72 Å². The lowest BCUT2D eigenvalue weighted by atomic mass is 9.82. The van der Waals surface area contributed by atoms with Gasteiger partial charge in [-0.25, -0.2) is 13.1 Å². The molecule has 146 valence electrons. The summed E-state index contributed by atoms with van der Waals surface area (Å²) in [5.41, 5.74) is -0.105. The first-order chi connectivity index (χ1) is 11.8. The number of hydrogen-bond acceptors (Lipinski definition) is 4. The summed E-state index contributed by atoms with van der Waals surface area (Å²) in [7, 11) is -2.22. The van der Waals surface area contributed by atoms with Crippen LogP contribution in [-0.2, 0) is 14.8 Å². The molecule has 0 aliphatic carbocycles. The zero-order valence-electron chi connectivity index (χ0n) is 16.5. The summed E-state index contributed by atoms with van der Waals surface area (Å²) in [4.78, 5) is 13.8. The van der Waals surface area contributed by atoms with E-state index in [0.29, 0.717) is 30.8 Å². The molecule has 1 aliphatic heterocycles. The van der Waals surface area contributed by atoms with Gasteiger partial charge < -0.3 is 9.64 Å². The molecule has 0 bridgehead atoms. The Morgan fingerprint density at radius 2 is 1.85 bits per heavy atom. The SMILES string of the molecule is COc1ccc(S(=O)(=O)NC(C)(C)CC(C)(C)C)cc1N1CCCC1=O. The summed E-state index contributed by atoms with van der Waals surface area (Å²) < 4.78 is 34.0. The Kier molecular flexibility index (Phi) is 5.73. The van der Waals surface area contributed by atoms with Gasteiger partial charge in [0, 0.05) is 18.5 Å². The van der Waals surface area contributed by atoms with Gasteiger partial charge in [0.15, 0.2) is 0 Å². The van der Waals surface area contributed by atoms with Crippen LogP contribution in [0.25, 0.3) is 0 Å². The van der Waals surface area contributed by atoms with Gasteiger partial charge in [-0.3, -0.25) is 4.79 Å². The zero-order valence-corrected chi connectivity index (χ0v) is 17.4. The first-order valence-electron chi connectivity index (χ1n) is 8.87. The number of amides is 1. The highest BCUT2D eigenvalue weighted by Crippen LogP contribution is 2.34. The number of benzene rings is 1. The Morgan fingerprint density at radius 3 is 2.35 bits per heavy atom. The van der Waals surface area contributed by atoms with Crippen LogP contribution >= 0.6 is 0 Å². The van der Waals surface area contributed by atoms with Gasteiger partial charge in [0.2, 0.25) is 15.9 Å². The van der Waals surface area contributed by atoms with E-state index < -0.39 is 15.6 Å². The van der Waals surface area contributed by atoms with Crippen LogP contribution in [0.3, 0.4) is 0 Å². The average molecular weight is 383 g/mol. The Morgan fingerprint density at radius 1 is 1.19 bits per heavy atom. The second-order valence-corrected chi connectivity index (χ2v) is 10.4. The Labute approximate surface area is 157 Å². The van der Waals surface area contributed by atoms with Crippen LogP contribution < -0.4 is 14.4 Å². The quantitative estimate of drug-likeness (QED) is 0.819. The summed E-state index contributed by atoms with van der Waals surface area (Å²) >= 11 is 0. The van der Waals surface area contributed by atoms with Crippen molar-refractivity contribution in [3.05, 3.63) is 18.2 Å². The molecule has 1 saturated heterocycles. The van der Waals surface area contributed by atoms with E-state index in [-0.39, 0.29) is 16.2 Å². The number of hydrogen-bond donors (Lipinski definition) is 1. The Hall–Kier alpha value is -1.60. The van der Waals surface area contributed by atoms with Gasteiger partial charge in [-0.05, 0) is 50.3 Å². The number of anilines is 1. The highest BCUT2D eigenvalue weighted by molar-refractivity contribution is 7.89. The fraction of sp³-hybridized carbons (Fsp3) is 0.632. The number of sulfonamides is 1. The molecule has 26 heavy (non-hydrogen) atoms. The van der Waals surface area contributed by atoms with Crippen LogP contribution in [0.4, 0.5) is 5.69 Å². The molecule has 0 unspecified atom stereocenters. The molecule has 1 aromatic carbocycles. The molecule has 1 aromatic rings. The topological polar surface area (TPSA) is 75.7 Å². The van der Waals surface area contributed by atoms with Gasteiger partial charge in [0.25, 0.3) is 0 Å². The molecular formula is C19H30N2O4S. The van der Waals surface area contributed by atoms with Crippen LogP contribution in [0.2, 0.25) is 0 Å². The van der Waals surface area contributed by atoms with E-state index in [2.05, 4.69) is 25.5 Å².